The molecule has 2 N–H and O–H groups in total. The Bertz CT molecular complexity index is 1290. The summed E-state index contributed by atoms with van der Waals surface area (Å²) in [5, 5.41) is 4.86. The molecule has 0 aliphatic heterocycles. The molecule has 0 aliphatic rings. The van der Waals surface area contributed by atoms with E-state index in [1.165, 1.54) is 16.2 Å². The summed E-state index contributed by atoms with van der Waals surface area (Å²) in [6, 6.07) is 8.13. The van der Waals surface area contributed by atoms with E-state index in [-0.39, 0.29) is 28.0 Å². The maximum Gasteiger partial charge on any atom is 0.492 e. The molecule has 0 saturated carbocycles. The lowest BCUT2D eigenvalue weighted by Gasteiger charge is -2.09. The van der Waals surface area contributed by atoms with Crippen LogP contribution in [0.5, 0.6) is 0 Å². The van der Waals surface area contributed by atoms with Gasteiger partial charge in [0.1, 0.15) is 4.21 Å². The molecule has 1 aromatic carbocycles. The summed E-state index contributed by atoms with van der Waals surface area (Å²) in [5.41, 5.74) is 1.35. The molecule has 8 nitrogen and oxygen atoms in total. The van der Waals surface area contributed by atoms with Gasteiger partial charge >= 0.3 is 12.1 Å². The summed E-state index contributed by atoms with van der Waals surface area (Å²) < 4.78 is 62.4. The number of benzene rings is 1. The third-order valence-corrected chi connectivity index (χ3v) is 7.95. The van der Waals surface area contributed by atoms with E-state index in [0.717, 1.165) is 11.3 Å². The molecule has 1 amide bonds. The third kappa shape index (κ3) is 7.34. The minimum Gasteiger partial charge on any atom is -0.348 e. The van der Waals surface area contributed by atoms with Gasteiger partial charge in [0.15, 0.2) is 5.13 Å². The molecule has 0 fully saturated rings. The van der Waals surface area contributed by atoms with Gasteiger partial charge in [-0.15, -0.1) is 22.7 Å². The number of thiazole rings is 1. The topological polar surface area (TPSA) is 114 Å². The van der Waals surface area contributed by atoms with E-state index in [1.54, 1.807) is 41.9 Å². The van der Waals surface area contributed by atoms with Crippen LogP contribution in [0, 0.1) is 5.92 Å². The Morgan fingerprint density at radius 1 is 1.17 bits per heavy atom. The van der Waals surface area contributed by atoms with E-state index < -0.39 is 22.2 Å². The number of hydrogen-bond donors (Lipinski definition) is 2. The highest BCUT2D eigenvalue weighted by atomic mass is 32.2. The second-order valence-corrected chi connectivity index (χ2v) is 11.6. The highest BCUT2D eigenvalue weighted by molar-refractivity contribution is 7.91. The van der Waals surface area contributed by atoms with Gasteiger partial charge in [-0.1, -0.05) is 38.1 Å². The molecule has 0 spiro atoms. The Morgan fingerprint density at radius 2 is 1.86 bits per heavy atom. The van der Waals surface area contributed by atoms with Crippen LogP contribution in [0.4, 0.5) is 18.3 Å². The molecule has 2 aromatic heterocycles. The molecule has 0 atom stereocenters. The number of alkyl halides is 3. The minimum atomic E-state index is -5.36. The molecule has 0 aliphatic carbocycles. The minimum absolute atomic E-state index is 0.0577. The highest BCUT2D eigenvalue weighted by Gasteiger charge is 2.42. The van der Waals surface area contributed by atoms with E-state index in [2.05, 4.69) is 15.1 Å². The zero-order valence-corrected chi connectivity index (χ0v) is 20.8. The second-order valence-electron chi connectivity index (χ2n) is 7.74. The number of rotatable bonds is 9. The van der Waals surface area contributed by atoms with Crippen molar-refractivity contribution in [3.63, 3.8) is 0 Å². The molecule has 3 rings (SSSR count). The molecular formula is C21H20F3N3O5S3. The summed E-state index contributed by atoms with van der Waals surface area (Å²) in [4.78, 5) is 32.8. The zero-order chi connectivity index (χ0) is 25.8. The van der Waals surface area contributed by atoms with Gasteiger partial charge in [-0.25, -0.2) is 18.2 Å². The first kappa shape index (κ1) is 26.8. The predicted molar refractivity (Wildman–Crippen MR) is 125 cm³/mol. The van der Waals surface area contributed by atoms with E-state index in [0.29, 0.717) is 27.6 Å². The average Bonchev–Trinajstić information content (AvgIpc) is 3.42. The van der Waals surface area contributed by atoms with Crippen LogP contribution >= 0.6 is 22.7 Å². The van der Waals surface area contributed by atoms with Crippen molar-refractivity contribution in [1.29, 1.82) is 0 Å². The van der Waals surface area contributed by atoms with Crippen LogP contribution in [-0.2, 0) is 37.3 Å². The quantitative estimate of drug-likeness (QED) is 0.380. The van der Waals surface area contributed by atoms with Gasteiger partial charge in [0.2, 0.25) is 5.91 Å². The highest BCUT2D eigenvalue weighted by Crippen LogP contribution is 2.36. The number of amides is 1. The third-order valence-electron chi connectivity index (χ3n) is 4.39. The molecular weight excluding hydrogens is 527 g/mol. The van der Waals surface area contributed by atoms with Gasteiger partial charge in [0.25, 0.3) is 10.0 Å². The van der Waals surface area contributed by atoms with Gasteiger partial charge < -0.3 is 10.2 Å². The first-order valence-electron chi connectivity index (χ1n) is 10.1. The smallest absolute Gasteiger partial charge is 0.348 e. The first-order valence-corrected chi connectivity index (χ1v) is 13.2. The van der Waals surface area contributed by atoms with Crippen LogP contribution in [0.1, 0.15) is 24.3 Å². The number of sulfonamides is 1. The molecule has 35 heavy (non-hydrogen) atoms. The standard InChI is InChI=1S/C21H20F3N3O5S3/c1-12(2)9-15-11-16(18(34-15)35(30,31)27-32-19(29)21(22,23)24)14-5-3-13(4-6-14)10-17(28)26-20-25-7-8-33-20/h3-8,11-12,27H,9-10H2,1-2H3,(H,25,26,28). The van der Waals surface area contributed by atoms with Gasteiger partial charge in [-0.2, -0.15) is 13.2 Å². The number of anilines is 1. The van der Waals surface area contributed by atoms with Gasteiger partial charge in [-0.05, 0) is 34.4 Å². The predicted octanol–water partition coefficient (Wildman–Crippen LogP) is 4.55. The molecule has 14 heteroatoms. The van der Waals surface area contributed by atoms with E-state index in [4.69, 9.17) is 0 Å². The van der Waals surface area contributed by atoms with Crippen LogP contribution in [0.3, 0.4) is 0 Å². The van der Waals surface area contributed by atoms with E-state index in [1.807, 2.05) is 13.8 Å². The number of nitrogens with one attached hydrogen (secondary N) is 2. The van der Waals surface area contributed by atoms with Crippen LogP contribution in [0.15, 0.2) is 46.1 Å². The summed E-state index contributed by atoms with van der Waals surface area (Å²) in [6.07, 6.45) is -3.20. The second kappa shape index (κ2) is 10.8. The van der Waals surface area contributed by atoms with Crippen LogP contribution in [0.25, 0.3) is 11.1 Å². The normalized spacial score (nSPS) is 12.1. The van der Waals surface area contributed by atoms with Crippen LogP contribution in [-0.4, -0.2) is 31.5 Å². The SMILES string of the molecule is CC(C)Cc1cc(-c2ccc(CC(=O)Nc3nccs3)cc2)c(S(=O)(=O)NOC(=O)C(F)(F)F)s1. The van der Waals surface area contributed by atoms with Crippen molar-refractivity contribution in [2.45, 2.75) is 37.1 Å². The lowest BCUT2D eigenvalue weighted by molar-refractivity contribution is -0.203. The Kier molecular flexibility index (Phi) is 8.30. The van der Waals surface area contributed by atoms with Crippen LogP contribution in [0.2, 0.25) is 0 Å². The molecule has 2 heterocycles. The summed E-state index contributed by atoms with van der Waals surface area (Å²) in [7, 11) is -4.61. The Labute approximate surface area is 207 Å². The van der Waals surface area contributed by atoms with Crippen LogP contribution < -0.4 is 10.2 Å². The maximum absolute atomic E-state index is 12.7. The Balaban J connectivity index is 1.84. The Hall–Kier alpha value is -2.81. The van der Waals surface area contributed by atoms with Gasteiger partial charge in [-0.3, -0.25) is 4.79 Å². The van der Waals surface area contributed by atoms with Crippen molar-refractivity contribution < 1.29 is 36.0 Å². The number of thiophene rings is 1. The number of halogens is 3. The number of carbonyl (C=O) groups is 2. The molecule has 0 unspecified atom stereocenters. The fraction of sp³-hybridized carbons (Fsp3) is 0.286. The van der Waals surface area contributed by atoms with Crippen molar-refractivity contribution in [3.8, 4) is 11.1 Å². The van der Waals surface area contributed by atoms with Gasteiger partial charge in [0.05, 0.1) is 6.42 Å². The summed E-state index contributed by atoms with van der Waals surface area (Å²) >= 11 is 2.15. The van der Waals surface area contributed by atoms with Crippen molar-refractivity contribution in [1.82, 2.24) is 9.87 Å². The monoisotopic (exact) mass is 547 g/mol. The first-order chi connectivity index (χ1) is 16.3. The van der Waals surface area contributed by atoms with Crippen molar-refractivity contribution in [3.05, 3.63) is 52.3 Å². The maximum atomic E-state index is 12.7. The molecule has 188 valence electrons. The average molecular weight is 548 g/mol. The molecule has 0 radical (unpaired) electrons. The molecule has 0 saturated heterocycles. The lowest BCUT2D eigenvalue weighted by atomic mass is 10.0. The fourth-order valence-electron chi connectivity index (χ4n) is 2.95. The Morgan fingerprint density at radius 3 is 2.43 bits per heavy atom. The number of nitrogens with zero attached hydrogens (tertiary/aromatic N) is 1. The number of carbonyl (C=O) groups excluding carboxylic acids is 2. The van der Waals surface area contributed by atoms with Crippen molar-refractivity contribution >= 4 is 49.7 Å². The van der Waals surface area contributed by atoms with Crippen molar-refractivity contribution in [2.24, 2.45) is 5.92 Å². The zero-order valence-electron chi connectivity index (χ0n) is 18.4. The van der Waals surface area contributed by atoms with Gasteiger partial charge in [0, 0.05) is 22.0 Å². The lowest BCUT2D eigenvalue weighted by Crippen LogP contribution is -2.34. The van der Waals surface area contributed by atoms with E-state index >= 15 is 0 Å². The number of hydrogen-bond acceptors (Lipinski definition) is 8. The summed E-state index contributed by atoms with van der Waals surface area (Å²) in [6.45, 7) is 3.87. The fourth-order valence-corrected chi connectivity index (χ4v) is 6.20. The van der Waals surface area contributed by atoms with E-state index in [9.17, 15) is 31.2 Å². The van der Waals surface area contributed by atoms with Crippen molar-refractivity contribution in [2.75, 3.05) is 5.32 Å². The summed E-state index contributed by atoms with van der Waals surface area (Å²) in [5.74, 6) is -2.77. The molecule has 3 aromatic rings. The number of aromatic nitrogens is 1. The molecule has 0 bridgehead atoms. The largest absolute Gasteiger partial charge is 0.492 e.